The fourth-order valence-electron chi connectivity index (χ4n) is 2.52. The molecule has 1 nitrogen and oxygen atoms in total. The van der Waals surface area contributed by atoms with Gasteiger partial charge in [-0.05, 0) is 0 Å². The van der Waals surface area contributed by atoms with Crippen LogP contribution in [0.5, 0.6) is 0 Å². The molecule has 3 aromatic rings. The average Bonchev–Trinajstić information content (AvgIpc) is 2.66. The van der Waals surface area contributed by atoms with Crippen molar-refractivity contribution in [3.05, 3.63) is 91.0 Å². The fraction of sp³-hybridized carbons (Fsp3) is 0. The Labute approximate surface area is 264 Å². The summed E-state index contributed by atoms with van der Waals surface area (Å²) in [6, 6.07) is 29.9. The van der Waals surface area contributed by atoms with Crippen molar-refractivity contribution in [2.45, 2.75) is 0 Å². The van der Waals surface area contributed by atoms with Crippen molar-refractivity contribution < 1.29 is 118 Å². The van der Waals surface area contributed by atoms with Crippen LogP contribution in [0.3, 0.4) is 0 Å². The molecule has 3 aromatic carbocycles. The van der Waals surface area contributed by atoms with Crippen molar-refractivity contribution in [3.8, 4) is 0 Å². The van der Waals surface area contributed by atoms with Crippen molar-refractivity contribution in [3.63, 3.8) is 0 Å². The molecule has 27 heavy (non-hydrogen) atoms. The van der Waals surface area contributed by atoms with E-state index in [-0.39, 0.29) is 123 Å². The molecular formula is C19H20Ar3Cl2OP2. The summed E-state index contributed by atoms with van der Waals surface area (Å²) in [6.07, 6.45) is 0. The van der Waals surface area contributed by atoms with Crippen molar-refractivity contribution in [1.82, 2.24) is 0 Å². The molecular weight excluding hydrogens is 497 g/mol. The molecule has 150 valence electrons. The molecule has 0 amide bonds. The maximum absolute atomic E-state index is 8.00. The first-order valence-corrected chi connectivity index (χ1v) is 11.1. The second-order valence-corrected chi connectivity index (χ2v) is 12.9. The van der Waals surface area contributed by atoms with E-state index in [0.717, 1.165) is 15.9 Å². The number of hydrogen-bond acceptors (Lipinski definition) is 1. The summed E-state index contributed by atoms with van der Waals surface area (Å²) in [5.41, 5.74) is 0. The monoisotopic (exact) mass is 516 g/mol. The van der Waals surface area contributed by atoms with E-state index in [1.165, 1.54) is 0 Å². The molecule has 1 unspecified atom stereocenters. The Morgan fingerprint density at radius 1 is 0.519 bits per heavy atom. The van der Waals surface area contributed by atoms with Gasteiger partial charge in [-0.15, -0.1) is 0 Å². The van der Waals surface area contributed by atoms with Gasteiger partial charge in [0.1, 0.15) is 6.79 Å². The summed E-state index contributed by atoms with van der Waals surface area (Å²) >= 11 is 14.5. The van der Waals surface area contributed by atoms with E-state index in [2.05, 4.69) is 0 Å². The summed E-state index contributed by atoms with van der Waals surface area (Å²) in [5.74, 6) is 0. The van der Waals surface area contributed by atoms with Crippen LogP contribution >= 0.6 is 37.7 Å². The van der Waals surface area contributed by atoms with E-state index < -0.39 is 5.31 Å². The van der Waals surface area contributed by atoms with E-state index >= 15 is 0 Å². The molecule has 0 aliphatic carbocycles. The zero-order valence-electron chi connectivity index (χ0n) is 14.2. The van der Waals surface area contributed by atoms with Crippen LogP contribution in [-0.4, -0.2) is 6.79 Å². The summed E-state index contributed by atoms with van der Waals surface area (Å²) in [6.45, 7) is 2.00. The number of carbonyl (C=O) groups excluding carboxylic acids is 1. The number of hydrogen-bond donors (Lipinski definition) is 0. The van der Waals surface area contributed by atoms with Crippen LogP contribution in [-0.2, 0) is 4.79 Å². The van der Waals surface area contributed by atoms with E-state index in [4.69, 9.17) is 27.3 Å². The number of rotatable bonds is 3. The second kappa shape index (κ2) is 16.2. The second-order valence-electron chi connectivity index (χ2n) is 4.91. The topological polar surface area (TPSA) is 17.1 Å². The molecule has 0 aliphatic heterocycles. The average molecular weight is 517 g/mol. The van der Waals surface area contributed by atoms with Gasteiger partial charge in [0.05, 0.1) is 0 Å². The zero-order valence-corrected chi connectivity index (χ0v) is 20.2. The van der Waals surface area contributed by atoms with Gasteiger partial charge in [0.15, 0.2) is 0 Å². The minimum atomic E-state index is -3.43. The largest absolute Gasteiger partial charge is 0.153 e. The van der Waals surface area contributed by atoms with Gasteiger partial charge in [0.25, 0.3) is 0 Å². The van der Waals surface area contributed by atoms with Crippen molar-refractivity contribution in [2.24, 2.45) is 0 Å². The Morgan fingerprint density at radius 2 is 0.704 bits per heavy atom. The number of benzene rings is 3. The van der Waals surface area contributed by atoms with Gasteiger partial charge in [-0.2, -0.15) is 9.90 Å². The minimum absolute atomic E-state index is 0. The van der Waals surface area contributed by atoms with E-state index in [9.17, 15) is 0 Å². The van der Waals surface area contributed by atoms with Crippen LogP contribution in [0.15, 0.2) is 91.0 Å². The summed E-state index contributed by atoms with van der Waals surface area (Å²) in [4.78, 5) is 8.00. The van der Waals surface area contributed by atoms with Crippen molar-refractivity contribution in [2.75, 3.05) is 0 Å². The Bertz CT molecular complexity index is 660. The Morgan fingerprint density at radius 3 is 0.889 bits per heavy atom. The van der Waals surface area contributed by atoms with Crippen molar-refractivity contribution in [1.29, 1.82) is 0 Å². The van der Waals surface area contributed by atoms with Crippen LogP contribution in [0.2, 0.25) is 0 Å². The van der Waals surface area contributed by atoms with Crippen LogP contribution in [0, 0.1) is 113 Å². The number of carbonyl (C=O) groups is 1. The summed E-state index contributed by atoms with van der Waals surface area (Å²) < 4.78 is 0. The third-order valence-corrected chi connectivity index (χ3v) is 10.8. The van der Waals surface area contributed by atoms with Gasteiger partial charge in [-0.25, -0.2) is 0 Å². The predicted octanol–water partition coefficient (Wildman–Crippen LogP) is 4.70. The molecule has 0 aliphatic rings. The SMILES string of the molecule is C=O.ClP(Cl)(c1ccccc1)(c1ccccc1)c1ccccc1.P.[Ar].[Ar].[Ar]. The molecule has 0 spiro atoms. The third kappa shape index (κ3) is 7.88. The molecule has 0 saturated carbocycles. The predicted molar refractivity (Wildman–Crippen MR) is 115 cm³/mol. The van der Waals surface area contributed by atoms with Crippen LogP contribution in [0.4, 0.5) is 0 Å². The maximum atomic E-state index is 8.00. The molecule has 3 rings (SSSR count). The zero-order chi connectivity index (χ0) is 16.8. The van der Waals surface area contributed by atoms with Gasteiger partial charge in [0, 0.05) is 113 Å². The van der Waals surface area contributed by atoms with Crippen LogP contribution in [0.1, 0.15) is 0 Å². The number of halogens is 2. The van der Waals surface area contributed by atoms with E-state index in [1.54, 1.807) is 0 Å². The Kier molecular flexibility index (Phi) is 20.5. The molecule has 0 bridgehead atoms. The Hall–Kier alpha value is 2.55. The molecule has 0 aromatic heterocycles. The maximum Gasteiger partial charge on any atom is 0 e. The van der Waals surface area contributed by atoms with Gasteiger partial charge in [-0.3, -0.25) is 0 Å². The minimum Gasteiger partial charge on any atom is -0.153 e. The first kappa shape index (κ1) is 34.2. The quantitative estimate of drug-likeness (QED) is 0.461. The summed E-state index contributed by atoms with van der Waals surface area (Å²) in [5, 5.41) is -0.543. The first-order valence-electron chi connectivity index (χ1n) is 7.03. The fourth-order valence-corrected chi connectivity index (χ4v) is 7.53. The molecule has 1 atom stereocenters. The molecule has 0 N–H and O–H groups in total. The van der Waals surface area contributed by atoms with Crippen molar-refractivity contribution >= 4 is 60.4 Å². The van der Waals surface area contributed by atoms with Crippen LogP contribution in [0.25, 0.3) is 0 Å². The van der Waals surface area contributed by atoms with Gasteiger partial charge < -0.3 is 4.79 Å². The first-order chi connectivity index (χ1) is 11.1. The standard InChI is InChI=1S/C18H15Cl2P.CH2O.3Ar.H3P/c19-21(20,16-10-4-1-5-11-16,17-12-6-2-7-13-17)18-14-8-3-9-15-18;1-2;;;;/h1-15H;1H2;;;;1H3. The normalized spacial score (nSPS) is 10.5. The van der Waals surface area contributed by atoms with E-state index in [1.807, 2.05) is 97.8 Å². The van der Waals surface area contributed by atoms with Crippen LogP contribution < -0.4 is 15.9 Å². The van der Waals surface area contributed by atoms with Gasteiger partial charge in [0.2, 0.25) is 0 Å². The van der Waals surface area contributed by atoms with Gasteiger partial charge >= 0.3 is 135 Å². The van der Waals surface area contributed by atoms with E-state index in [0.29, 0.717) is 0 Å². The smallest absolute Gasteiger partial charge is 0 e. The molecule has 0 fully saturated rings. The molecule has 0 heterocycles. The molecule has 0 saturated heterocycles. The van der Waals surface area contributed by atoms with Gasteiger partial charge in [-0.1, -0.05) is 0 Å². The molecule has 0 radical (unpaired) electrons. The molecule has 8 heteroatoms. The third-order valence-electron chi connectivity index (χ3n) is 3.63. The Balaban J connectivity index is -0.000000930. The summed E-state index contributed by atoms with van der Waals surface area (Å²) in [7, 11) is 0.